The van der Waals surface area contributed by atoms with Gasteiger partial charge in [0.15, 0.2) is 0 Å². The van der Waals surface area contributed by atoms with Crippen molar-refractivity contribution >= 4 is 17.5 Å². The molecular formula is C34H43N9O3. The first-order valence-corrected chi connectivity index (χ1v) is 15.8. The molecule has 0 bridgehead atoms. The maximum absolute atomic E-state index is 14.0. The molecule has 1 aliphatic rings. The van der Waals surface area contributed by atoms with Gasteiger partial charge < -0.3 is 21.1 Å². The summed E-state index contributed by atoms with van der Waals surface area (Å²) in [4.78, 5) is 35.8. The SMILES string of the molecule is CN(C)CCCOc1ccc(-c2cccc(C[C@H](N)C(=O)N(C(=O)C3CCC(CN)CC3)c3ccc(-c4nn[nH]n4)cc3)c2)cn1. The number of tetrazole rings is 1. The highest BCUT2D eigenvalue weighted by molar-refractivity contribution is 6.17. The predicted octanol–water partition coefficient (Wildman–Crippen LogP) is 3.45. The Morgan fingerprint density at radius 2 is 1.76 bits per heavy atom. The summed E-state index contributed by atoms with van der Waals surface area (Å²) < 4.78 is 5.77. The molecule has 1 aliphatic carbocycles. The van der Waals surface area contributed by atoms with Crippen LogP contribution in [0.2, 0.25) is 0 Å². The Hall–Kier alpha value is -4.52. The van der Waals surface area contributed by atoms with Crippen molar-refractivity contribution in [2.75, 3.05) is 38.7 Å². The van der Waals surface area contributed by atoms with Gasteiger partial charge in [0.05, 0.1) is 18.3 Å². The van der Waals surface area contributed by atoms with Crippen LogP contribution in [0.25, 0.3) is 22.5 Å². The van der Waals surface area contributed by atoms with E-state index in [9.17, 15) is 9.59 Å². The van der Waals surface area contributed by atoms with Crippen molar-refractivity contribution in [3.8, 4) is 28.4 Å². The lowest BCUT2D eigenvalue weighted by atomic mass is 9.81. The zero-order valence-corrected chi connectivity index (χ0v) is 26.5. The van der Waals surface area contributed by atoms with Crippen LogP contribution >= 0.6 is 0 Å². The van der Waals surface area contributed by atoms with Crippen molar-refractivity contribution in [1.29, 1.82) is 0 Å². The molecule has 12 nitrogen and oxygen atoms in total. The second-order valence-electron chi connectivity index (χ2n) is 12.1. The highest BCUT2D eigenvalue weighted by atomic mass is 16.5. The van der Waals surface area contributed by atoms with Gasteiger partial charge in [0.2, 0.25) is 17.6 Å². The molecule has 4 aromatic rings. The number of hydrogen-bond donors (Lipinski definition) is 3. The summed E-state index contributed by atoms with van der Waals surface area (Å²) in [5.41, 5.74) is 16.4. The number of rotatable bonds is 13. The van der Waals surface area contributed by atoms with E-state index < -0.39 is 11.9 Å². The molecule has 2 aromatic carbocycles. The fourth-order valence-corrected chi connectivity index (χ4v) is 5.81. The number of ether oxygens (including phenoxy) is 1. The van der Waals surface area contributed by atoms with E-state index in [-0.39, 0.29) is 18.2 Å². The van der Waals surface area contributed by atoms with E-state index in [1.54, 1.807) is 30.5 Å². The number of nitrogens with two attached hydrogens (primary N) is 2. The molecule has 0 radical (unpaired) electrons. The zero-order chi connectivity index (χ0) is 32.5. The first kappa shape index (κ1) is 32.9. The molecule has 0 spiro atoms. The van der Waals surface area contributed by atoms with Gasteiger partial charge >= 0.3 is 0 Å². The number of hydrogen-bond acceptors (Lipinski definition) is 10. The zero-order valence-electron chi connectivity index (χ0n) is 26.5. The molecular weight excluding hydrogens is 582 g/mol. The fourth-order valence-electron chi connectivity index (χ4n) is 5.81. The third-order valence-corrected chi connectivity index (χ3v) is 8.47. The summed E-state index contributed by atoms with van der Waals surface area (Å²) in [6, 6.07) is 17.7. The first-order valence-electron chi connectivity index (χ1n) is 15.8. The van der Waals surface area contributed by atoms with Crippen LogP contribution in [0.5, 0.6) is 5.88 Å². The molecule has 46 heavy (non-hydrogen) atoms. The van der Waals surface area contributed by atoms with Gasteiger partial charge in [-0.15, -0.1) is 10.2 Å². The average Bonchev–Trinajstić information content (AvgIpc) is 3.63. The molecule has 5 rings (SSSR count). The molecule has 242 valence electrons. The Morgan fingerprint density at radius 1 is 1.00 bits per heavy atom. The van der Waals surface area contributed by atoms with Crippen LogP contribution in [-0.2, 0) is 16.0 Å². The van der Waals surface area contributed by atoms with Crippen molar-refractivity contribution in [2.24, 2.45) is 23.3 Å². The van der Waals surface area contributed by atoms with Crippen LogP contribution in [0.1, 0.15) is 37.7 Å². The third kappa shape index (κ3) is 8.39. The Kier molecular flexibility index (Phi) is 11.2. The van der Waals surface area contributed by atoms with Gasteiger partial charge in [-0.1, -0.05) is 24.3 Å². The quantitative estimate of drug-likeness (QED) is 0.187. The van der Waals surface area contributed by atoms with Gasteiger partial charge in [-0.05, 0) is 112 Å². The lowest BCUT2D eigenvalue weighted by molar-refractivity contribution is -0.130. The van der Waals surface area contributed by atoms with Crippen LogP contribution in [0.15, 0.2) is 66.9 Å². The van der Waals surface area contributed by atoms with Gasteiger partial charge in [0.25, 0.3) is 5.91 Å². The number of carbonyl (C=O) groups is 2. The number of nitrogens with zero attached hydrogens (tertiary/aromatic N) is 6. The molecule has 0 saturated heterocycles. The number of pyridine rings is 1. The lowest BCUT2D eigenvalue weighted by Crippen LogP contribution is -2.50. The Balaban J connectivity index is 1.30. The van der Waals surface area contributed by atoms with E-state index >= 15 is 0 Å². The molecule has 1 atom stereocenters. The van der Waals surface area contributed by atoms with E-state index in [4.69, 9.17) is 16.2 Å². The van der Waals surface area contributed by atoms with Crippen LogP contribution in [0.4, 0.5) is 5.69 Å². The van der Waals surface area contributed by atoms with Gasteiger partial charge in [-0.25, -0.2) is 9.88 Å². The number of nitrogens with one attached hydrogen (secondary N) is 1. The predicted molar refractivity (Wildman–Crippen MR) is 177 cm³/mol. The molecule has 0 unspecified atom stereocenters. The highest BCUT2D eigenvalue weighted by Gasteiger charge is 2.35. The Labute approximate surface area is 269 Å². The van der Waals surface area contributed by atoms with Crippen LogP contribution < -0.4 is 21.1 Å². The Bertz CT molecular complexity index is 1550. The van der Waals surface area contributed by atoms with E-state index in [1.165, 1.54) is 4.90 Å². The second-order valence-corrected chi connectivity index (χ2v) is 12.1. The maximum Gasteiger partial charge on any atom is 0.251 e. The van der Waals surface area contributed by atoms with E-state index in [0.29, 0.717) is 54.9 Å². The smallest absolute Gasteiger partial charge is 0.251 e. The van der Waals surface area contributed by atoms with E-state index in [2.05, 4.69) is 30.5 Å². The molecule has 2 amide bonds. The maximum atomic E-state index is 14.0. The number of imide groups is 1. The first-order chi connectivity index (χ1) is 22.3. The number of aromatic amines is 1. The number of carbonyl (C=O) groups excluding carboxylic acids is 2. The van der Waals surface area contributed by atoms with Gasteiger partial charge in [0.1, 0.15) is 0 Å². The normalized spacial score (nSPS) is 17.1. The molecule has 1 saturated carbocycles. The number of benzene rings is 2. The summed E-state index contributed by atoms with van der Waals surface area (Å²) in [7, 11) is 4.07. The van der Waals surface area contributed by atoms with Crippen molar-refractivity contribution in [3.63, 3.8) is 0 Å². The molecule has 1 fully saturated rings. The van der Waals surface area contributed by atoms with E-state index in [1.807, 2.05) is 50.5 Å². The summed E-state index contributed by atoms with van der Waals surface area (Å²) in [6.45, 7) is 2.16. The van der Waals surface area contributed by atoms with E-state index in [0.717, 1.165) is 42.5 Å². The summed E-state index contributed by atoms with van der Waals surface area (Å²) in [6.07, 6.45) is 6.07. The van der Waals surface area contributed by atoms with Gasteiger partial charge in [-0.2, -0.15) is 5.21 Å². The summed E-state index contributed by atoms with van der Waals surface area (Å²) >= 11 is 0. The van der Waals surface area contributed by atoms with Crippen molar-refractivity contribution in [3.05, 3.63) is 72.4 Å². The van der Waals surface area contributed by atoms with Crippen molar-refractivity contribution < 1.29 is 14.3 Å². The fraction of sp³-hybridized carbons (Fsp3) is 0.412. The summed E-state index contributed by atoms with van der Waals surface area (Å²) in [5.74, 6) is 0.464. The molecule has 2 heterocycles. The number of anilines is 1. The van der Waals surface area contributed by atoms with Crippen LogP contribution in [0, 0.1) is 11.8 Å². The van der Waals surface area contributed by atoms with Crippen LogP contribution in [0.3, 0.4) is 0 Å². The minimum Gasteiger partial charge on any atom is -0.478 e. The number of amides is 2. The second kappa shape index (κ2) is 15.7. The number of H-pyrrole nitrogens is 1. The minimum absolute atomic E-state index is 0.230. The van der Waals surface area contributed by atoms with Gasteiger partial charge in [0, 0.05) is 35.9 Å². The van der Waals surface area contributed by atoms with Crippen LogP contribution in [-0.4, -0.2) is 82.2 Å². The monoisotopic (exact) mass is 625 g/mol. The largest absolute Gasteiger partial charge is 0.478 e. The Morgan fingerprint density at radius 3 is 2.41 bits per heavy atom. The van der Waals surface area contributed by atoms with Crippen molar-refractivity contribution in [1.82, 2.24) is 30.5 Å². The topological polar surface area (TPSA) is 169 Å². The number of aromatic nitrogens is 5. The summed E-state index contributed by atoms with van der Waals surface area (Å²) in [5, 5.41) is 14.1. The molecule has 5 N–H and O–H groups in total. The van der Waals surface area contributed by atoms with Gasteiger partial charge in [-0.3, -0.25) is 9.59 Å². The highest BCUT2D eigenvalue weighted by Crippen LogP contribution is 2.32. The standard InChI is InChI=1S/C34H43N9O3/c1-42(2)17-4-18-46-31-16-13-28(22-37-31)27-6-3-5-24(19-27)20-30(36)34(45)43(33(44)26-9-7-23(21-35)8-10-26)29-14-11-25(12-15-29)32-38-40-41-39-32/h3,5-6,11-16,19,22-23,26,30H,4,7-10,17-18,20-21,35-36H2,1-2H3,(H,38,39,40,41)/t23?,26?,30-/m0/s1. The molecule has 12 heteroatoms. The minimum atomic E-state index is -0.937. The third-order valence-electron chi connectivity index (χ3n) is 8.47. The molecule has 0 aliphatic heterocycles. The molecule has 2 aromatic heterocycles. The average molecular weight is 626 g/mol. The lowest BCUT2D eigenvalue weighted by Gasteiger charge is -2.32. The van der Waals surface area contributed by atoms with Crippen molar-refractivity contribution in [2.45, 2.75) is 44.6 Å².